The predicted molar refractivity (Wildman–Crippen MR) is 118 cm³/mol. The Morgan fingerprint density at radius 3 is 1.21 bits per heavy atom. The van der Waals surface area contributed by atoms with Gasteiger partial charge in [-0.15, -0.1) is 0 Å². The molecule has 142 valence electrons. The molecule has 0 saturated carbocycles. The van der Waals surface area contributed by atoms with Crippen LogP contribution in [-0.2, 0) is 5.41 Å². The summed E-state index contributed by atoms with van der Waals surface area (Å²) >= 11 is 0. The molecule has 2 heteroatoms. The van der Waals surface area contributed by atoms with E-state index in [1.165, 1.54) is 22.3 Å². The molecule has 4 aromatic rings. The monoisotopic (exact) mass is 378 g/mol. The van der Waals surface area contributed by atoms with Crippen LogP contribution in [0.25, 0.3) is 33.4 Å². The number of hydrogen-bond acceptors (Lipinski definition) is 2. The predicted octanol–water partition coefficient (Wildman–Crippen LogP) is 6.74. The van der Waals surface area contributed by atoms with Crippen LogP contribution >= 0.6 is 0 Å². The summed E-state index contributed by atoms with van der Waals surface area (Å²) in [5.74, 6) is 0.555. The van der Waals surface area contributed by atoms with E-state index in [2.05, 4.69) is 50.2 Å². The molecule has 0 bridgehead atoms. The number of rotatable bonds is 2. The highest BCUT2D eigenvalue weighted by molar-refractivity contribution is 5.87. The van der Waals surface area contributed by atoms with E-state index in [1.807, 2.05) is 24.3 Å². The third-order valence-corrected chi connectivity index (χ3v) is 6.08. The first-order chi connectivity index (χ1) is 13.9. The van der Waals surface area contributed by atoms with Crippen LogP contribution in [0.5, 0.6) is 11.5 Å². The molecular weight excluding hydrogens is 356 g/mol. The molecule has 0 amide bonds. The van der Waals surface area contributed by atoms with Gasteiger partial charge < -0.3 is 10.2 Å². The van der Waals surface area contributed by atoms with Gasteiger partial charge in [-0.05, 0) is 80.9 Å². The van der Waals surface area contributed by atoms with Crippen LogP contribution in [0.15, 0.2) is 84.9 Å². The fourth-order valence-corrected chi connectivity index (χ4v) is 4.44. The highest BCUT2D eigenvalue weighted by Crippen LogP contribution is 2.50. The fourth-order valence-electron chi connectivity index (χ4n) is 4.44. The maximum absolute atomic E-state index is 9.60. The Hall–Kier alpha value is -3.52. The Kier molecular flexibility index (Phi) is 3.78. The molecule has 0 atom stereocenters. The smallest absolute Gasteiger partial charge is 0.115 e. The zero-order valence-electron chi connectivity index (χ0n) is 16.5. The van der Waals surface area contributed by atoms with Crippen molar-refractivity contribution in [3.8, 4) is 44.9 Å². The second-order valence-electron chi connectivity index (χ2n) is 8.24. The van der Waals surface area contributed by atoms with Gasteiger partial charge in [0.15, 0.2) is 0 Å². The summed E-state index contributed by atoms with van der Waals surface area (Å²) in [5, 5.41) is 19.2. The van der Waals surface area contributed by atoms with Gasteiger partial charge in [0.1, 0.15) is 11.5 Å². The summed E-state index contributed by atoms with van der Waals surface area (Å²) in [7, 11) is 0. The first-order valence-electron chi connectivity index (χ1n) is 9.82. The molecule has 4 aromatic carbocycles. The number of phenolic OH excluding ortho intramolecular Hbond substituents is 2. The minimum atomic E-state index is -0.0500. The maximum atomic E-state index is 9.60. The van der Waals surface area contributed by atoms with E-state index in [0.717, 1.165) is 22.3 Å². The van der Waals surface area contributed by atoms with Gasteiger partial charge in [0.2, 0.25) is 0 Å². The highest BCUT2D eigenvalue weighted by Gasteiger charge is 2.35. The van der Waals surface area contributed by atoms with Gasteiger partial charge in [0.05, 0.1) is 0 Å². The van der Waals surface area contributed by atoms with E-state index in [0.29, 0.717) is 0 Å². The van der Waals surface area contributed by atoms with Crippen molar-refractivity contribution in [2.45, 2.75) is 19.3 Å². The van der Waals surface area contributed by atoms with Crippen LogP contribution in [0.1, 0.15) is 25.0 Å². The molecule has 5 rings (SSSR count). The zero-order valence-corrected chi connectivity index (χ0v) is 16.5. The first kappa shape index (κ1) is 17.6. The number of fused-ring (bicyclic) bond motifs is 3. The molecule has 0 fully saturated rings. The largest absolute Gasteiger partial charge is 0.508 e. The average molecular weight is 378 g/mol. The highest BCUT2D eigenvalue weighted by atomic mass is 16.3. The summed E-state index contributed by atoms with van der Waals surface area (Å²) in [4.78, 5) is 0. The van der Waals surface area contributed by atoms with E-state index < -0.39 is 0 Å². The van der Waals surface area contributed by atoms with Crippen LogP contribution in [-0.4, -0.2) is 10.2 Å². The molecule has 0 aromatic heterocycles. The molecule has 2 nitrogen and oxygen atoms in total. The molecule has 29 heavy (non-hydrogen) atoms. The topological polar surface area (TPSA) is 40.5 Å². The molecular formula is C27H22O2. The first-order valence-corrected chi connectivity index (χ1v) is 9.82. The van der Waals surface area contributed by atoms with Crippen molar-refractivity contribution in [1.82, 2.24) is 0 Å². The van der Waals surface area contributed by atoms with Crippen molar-refractivity contribution in [3.05, 3.63) is 96.1 Å². The van der Waals surface area contributed by atoms with Crippen molar-refractivity contribution < 1.29 is 10.2 Å². The Morgan fingerprint density at radius 1 is 0.483 bits per heavy atom. The second-order valence-corrected chi connectivity index (χ2v) is 8.24. The lowest BCUT2D eigenvalue weighted by molar-refractivity contribution is 0.475. The van der Waals surface area contributed by atoms with Crippen LogP contribution in [0.3, 0.4) is 0 Å². The zero-order chi connectivity index (χ0) is 20.2. The molecule has 0 aliphatic heterocycles. The average Bonchev–Trinajstić information content (AvgIpc) is 2.95. The Morgan fingerprint density at radius 2 is 0.828 bits per heavy atom. The van der Waals surface area contributed by atoms with Crippen LogP contribution < -0.4 is 0 Å². The van der Waals surface area contributed by atoms with Gasteiger partial charge >= 0.3 is 0 Å². The third-order valence-electron chi connectivity index (χ3n) is 6.08. The van der Waals surface area contributed by atoms with E-state index >= 15 is 0 Å². The summed E-state index contributed by atoms with van der Waals surface area (Å²) in [6, 6.07) is 28.0. The molecule has 1 aliphatic rings. The quantitative estimate of drug-likeness (QED) is 0.405. The number of phenols is 2. The standard InChI is InChI=1S/C27H22O2/c1-27(2)25-13-7-19(17-3-9-21(28)10-4-17)15-23(25)24-16-20(8-14-26(24)27)18-5-11-22(29)12-6-18/h3-16,28-29H,1-2H3. The lowest BCUT2D eigenvalue weighted by atomic mass is 9.82. The molecule has 0 spiro atoms. The van der Waals surface area contributed by atoms with Crippen molar-refractivity contribution in [2.24, 2.45) is 0 Å². The molecule has 2 N–H and O–H groups in total. The summed E-state index contributed by atoms with van der Waals surface area (Å²) in [5.41, 5.74) is 9.59. The molecule has 0 unspecified atom stereocenters. The Bertz CT molecular complexity index is 1120. The Balaban J connectivity index is 1.67. The van der Waals surface area contributed by atoms with Gasteiger partial charge in [-0.2, -0.15) is 0 Å². The van der Waals surface area contributed by atoms with Crippen molar-refractivity contribution >= 4 is 0 Å². The fraction of sp³-hybridized carbons (Fsp3) is 0.111. The number of benzene rings is 4. The number of hydrogen-bond donors (Lipinski definition) is 2. The van der Waals surface area contributed by atoms with Crippen LogP contribution in [0.2, 0.25) is 0 Å². The lowest BCUT2D eigenvalue weighted by Gasteiger charge is -2.21. The summed E-state index contributed by atoms with van der Waals surface area (Å²) < 4.78 is 0. The van der Waals surface area contributed by atoms with Crippen molar-refractivity contribution in [2.75, 3.05) is 0 Å². The maximum Gasteiger partial charge on any atom is 0.115 e. The van der Waals surface area contributed by atoms with Crippen molar-refractivity contribution in [3.63, 3.8) is 0 Å². The van der Waals surface area contributed by atoms with Crippen LogP contribution in [0.4, 0.5) is 0 Å². The van der Waals surface area contributed by atoms with E-state index in [-0.39, 0.29) is 16.9 Å². The van der Waals surface area contributed by atoms with Gasteiger partial charge in [-0.1, -0.05) is 62.4 Å². The minimum Gasteiger partial charge on any atom is -0.508 e. The third kappa shape index (κ3) is 2.80. The van der Waals surface area contributed by atoms with Crippen LogP contribution in [0, 0.1) is 0 Å². The van der Waals surface area contributed by atoms with E-state index in [9.17, 15) is 10.2 Å². The molecule has 0 saturated heterocycles. The minimum absolute atomic E-state index is 0.0500. The second kappa shape index (κ2) is 6.25. The summed E-state index contributed by atoms with van der Waals surface area (Å²) in [6.45, 7) is 4.55. The van der Waals surface area contributed by atoms with Gasteiger partial charge in [-0.3, -0.25) is 0 Å². The molecule has 0 radical (unpaired) electrons. The number of aromatic hydroxyl groups is 2. The van der Waals surface area contributed by atoms with E-state index in [4.69, 9.17) is 0 Å². The lowest BCUT2D eigenvalue weighted by Crippen LogP contribution is -2.14. The normalized spacial score (nSPS) is 13.7. The van der Waals surface area contributed by atoms with Gasteiger partial charge in [0, 0.05) is 5.41 Å². The SMILES string of the molecule is CC1(C)c2ccc(-c3ccc(O)cc3)cc2-c2cc(-c3ccc(O)cc3)ccc21. The van der Waals surface area contributed by atoms with Gasteiger partial charge in [0.25, 0.3) is 0 Å². The molecule has 1 aliphatic carbocycles. The van der Waals surface area contributed by atoms with Gasteiger partial charge in [-0.25, -0.2) is 0 Å². The van der Waals surface area contributed by atoms with Crippen molar-refractivity contribution in [1.29, 1.82) is 0 Å². The van der Waals surface area contributed by atoms with E-state index in [1.54, 1.807) is 24.3 Å². The summed E-state index contributed by atoms with van der Waals surface area (Å²) in [6.07, 6.45) is 0. The Labute approximate surface area is 170 Å². The molecule has 0 heterocycles.